The largest absolute Gasteiger partial charge is 0.756 e. The van der Waals surface area contributed by atoms with E-state index in [1.165, 1.54) is 29.1 Å². The van der Waals surface area contributed by atoms with Crippen molar-refractivity contribution in [2.75, 3.05) is 13.2 Å². The molecule has 16 heteroatoms. The fourth-order valence-corrected chi connectivity index (χ4v) is 5.95. The van der Waals surface area contributed by atoms with Crippen molar-refractivity contribution in [2.24, 2.45) is 5.73 Å². The number of unbranched alkanes of at least 4 members (excludes halogenated alkanes) is 1. The summed E-state index contributed by atoms with van der Waals surface area (Å²) in [6.45, 7) is 0.121. The lowest BCUT2D eigenvalue weighted by Crippen LogP contribution is -2.46. The number of nitrogens with two attached hydrogens (primary N) is 1. The van der Waals surface area contributed by atoms with Crippen molar-refractivity contribution in [1.82, 2.24) is 20.3 Å². The maximum atomic E-state index is 12.3. The van der Waals surface area contributed by atoms with E-state index in [-0.39, 0.29) is 24.5 Å². The smallest absolute Gasteiger partial charge is 0.292 e. The molecular formula is C33H39N6O9P. The van der Waals surface area contributed by atoms with Crippen LogP contribution in [-0.4, -0.2) is 68.5 Å². The predicted octanol–water partition coefficient (Wildman–Crippen LogP) is 1.18. The fourth-order valence-electron chi connectivity index (χ4n) is 5.23. The Morgan fingerprint density at radius 1 is 1.02 bits per heavy atom. The van der Waals surface area contributed by atoms with E-state index in [4.69, 9.17) is 19.5 Å². The van der Waals surface area contributed by atoms with Crippen LogP contribution in [0, 0.1) is 0 Å². The summed E-state index contributed by atoms with van der Waals surface area (Å²) in [5.74, 6) is -0.726. The first-order chi connectivity index (χ1) is 23.6. The molecule has 4 aromatic rings. The average Bonchev–Trinajstić information content (AvgIpc) is 3.68. The molecule has 260 valence electrons. The third kappa shape index (κ3) is 10.3. The number of aliphatic hydroxyl groups is 2. The van der Waals surface area contributed by atoms with Gasteiger partial charge >= 0.3 is 0 Å². The van der Waals surface area contributed by atoms with Gasteiger partial charge in [0.1, 0.15) is 17.8 Å². The van der Waals surface area contributed by atoms with Gasteiger partial charge in [0.05, 0.1) is 18.9 Å². The normalized spacial score (nSPS) is 20.1. The van der Waals surface area contributed by atoms with Crippen LogP contribution in [0.5, 0.6) is 0 Å². The standard InChI is InChI=1S/C33H39N6O9P/c34-32(43)26-9-6-16-38(20-26)33-31(42)30(41)28(48-33)22-47-49(44,45)46-18-15-27-21-39(37-36-27)17-5-4-10-29(40)35-19-23-11-13-25(14-12-23)24-7-2-1-3-8-24/h1-3,6-9,11-14,16,20-21,28,30-31,33,41-42H,4-5,10,15,17-19,22H2,(H3-,34,35,40,43,44,45)/t28-,30-,31-,33-/m1/s1. The summed E-state index contributed by atoms with van der Waals surface area (Å²) in [7, 11) is -4.79. The van der Waals surface area contributed by atoms with Crippen molar-refractivity contribution in [3.8, 4) is 11.1 Å². The summed E-state index contributed by atoms with van der Waals surface area (Å²) < 4.78 is 30.7. The van der Waals surface area contributed by atoms with E-state index in [1.807, 2.05) is 42.5 Å². The maximum absolute atomic E-state index is 12.3. The van der Waals surface area contributed by atoms with Crippen molar-refractivity contribution < 1.29 is 47.6 Å². The number of primary amides is 1. The quantitative estimate of drug-likeness (QED) is 0.0700. The number of benzene rings is 2. The zero-order valence-corrected chi connectivity index (χ0v) is 27.5. The molecule has 1 saturated heterocycles. The minimum atomic E-state index is -4.79. The van der Waals surface area contributed by atoms with Crippen molar-refractivity contribution in [1.29, 1.82) is 0 Å². The molecule has 49 heavy (non-hydrogen) atoms. The van der Waals surface area contributed by atoms with Crippen molar-refractivity contribution in [3.05, 3.63) is 102 Å². The number of rotatable bonds is 17. The van der Waals surface area contributed by atoms with Gasteiger partial charge in [-0.15, -0.1) is 5.10 Å². The predicted molar refractivity (Wildman–Crippen MR) is 172 cm³/mol. The van der Waals surface area contributed by atoms with E-state index in [0.717, 1.165) is 16.7 Å². The molecule has 1 aliphatic heterocycles. The Balaban J connectivity index is 0.957. The first kappa shape index (κ1) is 36.0. The van der Waals surface area contributed by atoms with Crippen LogP contribution in [0.25, 0.3) is 11.1 Å². The van der Waals surface area contributed by atoms with E-state index in [2.05, 4.69) is 27.8 Å². The number of ether oxygens (including phenoxy) is 1. The number of aryl methyl sites for hydroxylation is 1. The highest BCUT2D eigenvalue weighted by Crippen LogP contribution is 2.39. The molecule has 5 N–H and O–H groups in total. The van der Waals surface area contributed by atoms with Crippen molar-refractivity contribution in [3.63, 3.8) is 0 Å². The van der Waals surface area contributed by atoms with E-state index < -0.39 is 44.9 Å². The summed E-state index contributed by atoms with van der Waals surface area (Å²) in [5.41, 5.74) is 9.23. The first-order valence-electron chi connectivity index (χ1n) is 15.8. The maximum Gasteiger partial charge on any atom is 0.292 e. The second-order valence-electron chi connectivity index (χ2n) is 11.5. The van der Waals surface area contributed by atoms with Gasteiger partial charge < -0.3 is 39.9 Å². The Morgan fingerprint density at radius 2 is 1.78 bits per heavy atom. The molecule has 1 fully saturated rings. The number of nitrogens with zero attached hydrogens (tertiary/aromatic N) is 4. The average molecular weight is 695 g/mol. The molecule has 5 rings (SSSR count). The molecule has 0 saturated carbocycles. The second kappa shape index (κ2) is 16.9. The number of nitrogens with one attached hydrogen (secondary N) is 1. The zero-order chi connectivity index (χ0) is 34.8. The molecule has 1 unspecified atom stereocenters. The third-order valence-electron chi connectivity index (χ3n) is 7.92. The highest BCUT2D eigenvalue weighted by atomic mass is 31.2. The number of phosphoric ester groups is 1. The Bertz CT molecular complexity index is 1740. The van der Waals surface area contributed by atoms with Crippen molar-refractivity contribution >= 4 is 19.6 Å². The Labute approximate surface area is 282 Å². The molecule has 1 aliphatic rings. The Kier molecular flexibility index (Phi) is 12.4. The van der Waals surface area contributed by atoms with Crippen molar-refractivity contribution in [2.45, 2.75) is 63.3 Å². The Hall–Kier alpha value is -4.34. The van der Waals surface area contributed by atoms with Gasteiger partial charge in [-0.05, 0) is 35.6 Å². The van der Waals surface area contributed by atoms with Gasteiger partial charge in [-0.25, -0.2) is 0 Å². The monoisotopic (exact) mass is 694 g/mol. The lowest BCUT2D eigenvalue weighted by molar-refractivity contribution is -0.765. The van der Waals surface area contributed by atoms with Gasteiger partial charge in [-0.2, -0.15) is 4.57 Å². The van der Waals surface area contributed by atoms with E-state index in [0.29, 0.717) is 38.0 Å². The van der Waals surface area contributed by atoms with Crippen LogP contribution in [0.4, 0.5) is 0 Å². The number of hydrogen-bond donors (Lipinski definition) is 4. The molecule has 2 aromatic carbocycles. The van der Waals surface area contributed by atoms with Crippen LogP contribution in [0.3, 0.4) is 0 Å². The van der Waals surface area contributed by atoms with Crippen LogP contribution in [-0.2, 0) is 42.7 Å². The molecule has 2 aromatic heterocycles. The molecule has 15 nitrogen and oxygen atoms in total. The lowest BCUT2D eigenvalue weighted by atomic mass is 10.0. The number of carbonyl (C=O) groups is 2. The summed E-state index contributed by atoms with van der Waals surface area (Å²) >= 11 is 0. The van der Waals surface area contributed by atoms with Crippen LogP contribution >= 0.6 is 7.82 Å². The minimum absolute atomic E-state index is 0.0355. The van der Waals surface area contributed by atoms with Crippen LogP contribution in [0.2, 0.25) is 0 Å². The van der Waals surface area contributed by atoms with Crippen LogP contribution < -0.4 is 20.5 Å². The summed E-state index contributed by atoms with van der Waals surface area (Å²) in [6, 6.07) is 21.2. The highest BCUT2D eigenvalue weighted by molar-refractivity contribution is 7.45. The van der Waals surface area contributed by atoms with Crippen LogP contribution in [0.1, 0.15) is 47.1 Å². The molecule has 3 heterocycles. The van der Waals surface area contributed by atoms with Crippen LogP contribution in [0.15, 0.2) is 85.3 Å². The molecule has 0 bridgehead atoms. The molecule has 5 atom stereocenters. The molecule has 0 spiro atoms. The van der Waals surface area contributed by atoms with E-state index in [9.17, 15) is 29.3 Å². The number of hydrogen-bond acceptors (Lipinski definition) is 11. The minimum Gasteiger partial charge on any atom is -0.756 e. The molecule has 0 aliphatic carbocycles. The van der Waals surface area contributed by atoms with E-state index >= 15 is 0 Å². The molecular weight excluding hydrogens is 655 g/mol. The van der Waals surface area contributed by atoms with E-state index in [1.54, 1.807) is 10.9 Å². The zero-order valence-electron chi connectivity index (χ0n) is 26.6. The van der Waals surface area contributed by atoms with Gasteiger partial charge in [-0.3, -0.25) is 18.8 Å². The summed E-state index contributed by atoms with van der Waals surface area (Å²) in [4.78, 5) is 36.1. The van der Waals surface area contributed by atoms with Gasteiger partial charge in [0.2, 0.25) is 5.91 Å². The number of pyridine rings is 1. The van der Waals surface area contributed by atoms with Gasteiger partial charge in [0, 0.05) is 38.2 Å². The number of amides is 2. The topological polar surface area (TPSA) is 215 Å². The summed E-state index contributed by atoms with van der Waals surface area (Å²) in [6.07, 6.45) is 1.19. The number of aromatic nitrogens is 4. The number of phosphoric acid groups is 1. The number of aliphatic hydroxyl groups excluding tert-OH is 2. The number of carbonyl (C=O) groups excluding carboxylic acids is 2. The SMILES string of the molecule is NC(=O)c1ccc[n+]([C@@H]2O[C@H](COP(=O)([O-])OCCc3cn(CCCCC(=O)NCc4ccc(-c5ccccc5)cc4)nn3)[C@@H](O)[C@H]2O)c1. The third-order valence-corrected chi connectivity index (χ3v) is 8.88. The summed E-state index contributed by atoms with van der Waals surface area (Å²) in [5, 5.41) is 31.8. The molecule has 0 radical (unpaired) electrons. The highest BCUT2D eigenvalue weighted by Gasteiger charge is 2.48. The van der Waals surface area contributed by atoms with Gasteiger partial charge in [-0.1, -0.05) is 59.8 Å². The first-order valence-corrected chi connectivity index (χ1v) is 17.3. The second-order valence-corrected chi connectivity index (χ2v) is 13.0. The molecule has 2 amide bonds. The van der Waals surface area contributed by atoms with Gasteiger partial charge in [0.25, 0.3) is 20.0 Å². The van der Waals surface area contributed by atoms with Gasteiger partial charge in [0.15, 0.2) is 18.5 Å². The fraction of sp³-hybridized carbons (Fsp3) is 0.364. The lowest BCUT2D eigenvalue weighted by Gasteiger charge is -2.24. The Morgan fingerprint density at radius 3 is 2.53 bits per heavy atom.